The number of allylic oxidation sites excluding steroid dienone is 1. The monoisotopic (exact) mass is 272 g/mol. The highest BCUT2D eigenvalue weighted by molar-refractivity contribution is 5.19. The van der Waals surface area contributed by atoms with Gasteiger partial charge in [0.05, 0.1) is 11.3 Å². The van der Waals surface area contributed by atoms with Gasteiger partial charge in [-0.2, -0.15) is 13.2 Å². The highest BCUT2D eigenvalue weighted by Crippen LogP contribution is 2.29. The van der Waals surface area contributed by atoms with Crippen LogP contribution in [0.1, 0.15) is 43.5 Å². The molecule has 1 heterocycles. The molecule has 19 heavy (non-hydrogen) atoms. The third kappa shape index (κ3) is 5.03. The standard InChI is InChI=1S/C14H19F3N2/c1-3-5-6-12(18-9-4-2)13-8-7-11(10-19-13)14(15,16)17/h3,7-8,10,12,18H,1,4-6,9H2,2H3. The van der Waals surface area contributed by atoms with Crippen LogP contribution in [0.3, 0.4) is 0 Å². The summed E-state index contributed by atoms with van der Waals surface area (Å²) in [5, 5.41) is 3.29. The summed E-state index contributed by atoms with van der Waals surface area (Å²) in [4.78, 5) is 3.93. The quantitative estimate of drug-likeness (QED) is 0.756. The Balaban J connectivity index is 2.80. The van der Waals surface area contributed by atoms with Crippen LogP contribution in [-0.4, -0.2) is 11.5 Å². The third-order valence-electron chi connectivity index (χ3n) is 2.77. The van der Waals surface area contributed by atoms with Gasteiger partial charge in [0.1, 0.15) is 0 Å². The predicted octanol–water partition coefficient (Wildman–Crippen LogP) is 4.11. The van der Waals surface area contributed by atoms with Gasteiger partial charge >= 0.3 is 6.18 Å². The summed E-state index contributed by atoms with van der Waals surface area (Å²) in [5.41, 5.74) is -0.0717. The van der Waals surface area contributed by atoms with Gasteiger partial charge in [0, 0.05) is 12.2 Å². The van der Waals surface area contributed by atoms with E-state index >= 15 is 0 Å². The number of nitrogens with one attached hydrogen (secondary N) is 1. The molecule has 1 rings (SSSR count). The third-order valence-corrected chi connectivity index (χ3v) is 2.77. The molecule has 0 radical (unpaired) electrons. The van der Waals surface area contributed by atoms with E-state index in [9.17, 15) is 13.2 Å². The number of halogens is 3. The molecule has 1 aromatic rings. The maximum Gasteiger partial charge on any atom is 0.417 e. The largest absolute Gasteiger partial charge is 0.417 e. The minimum Gasteiger partial charge on any atom is -0.309 e. The summed E-state index contributed by atoms with van der Waals surface area (Å²) in [5.74, 6) is 0. The molecule has 0 bridgehead atoms. The van der Waals surface area contributed by atoms with Gasteiger partial charge in [-0.15, -0.1) is 6.58 Å². The van der Waals surface area contributed by atoms with E-state index in [1.165, 1.54) is 6.07 Å². The summed E-state index contributed by atoms with van der Waals surface area (Å²) in [6.45, 7) is 6.51. The van der Waals surface area contributed by atoms with Crippen molar-refractivity contribution in [1.29, 1.82) is 0 Å². The SMILES string of the molecule is C=CCCC(NCCC)c1ccc(C(F)(F)F)cn1. The van der Waals surface area contributed by atoms with Crippen LogP contribution in [0.5, 0.6) is 0 Å². The first-order valence-electron chi connectivity index (χ1n) is 6.36. The van der Waals surface area contributed by atoms with Crippen molar-refractivity contribution in [1.82, 2.24) is 10.3 Å². The lowest BCUT2D eigenvalue weighted by molar-refractivity contribution is -0.137. The van der Waals surface area contributed by atoms with E-state index in [1.807, 2.05) is 6.92 Å². The number of hydrogen-bond acceptors (Lipinski definition) is 2. The lowest BCUT2D eigenvalue weighted by Gasteiger charge is -2.18. The fraction of sp³-hybridized carbons (Fsp3) is 0.500. The van der Waals surface area contributed by atoms with Gasteiger partial charge < -0.3 is 5.32 Å². The number of nitrogens with zero attached hydrogens (tertiary/aromatic N) is 1. The number of aromatic nitrogens is 1. The molecule has 2 nitrogen and oxygen atoms in total. The van der Waals surface area contributed by atoms with Crippen molar-refractivity contribution >= 4 is 0 Å². The maximum absolute atomic E-state index is 12.5. The number of alkyl halides is 3. The first kappa shape index (κ1) is 15.7. The molecule has 0 aliphatic heterocycles. The van der Waals surface area contributed by atoms with E-state index in [1.54, 1.807) is 6.08 Å². The minimum absolute atomic E-state index is 0.0276. The van der Waals surface area contributed by atoms with E-state index in [0.29, 0.717) is 5.69 Å². The zero-order chi connectivity index (χ0) is 14.3. The molecule has 1 N–H and O–H groups in total. The Morgan fingerprint density at radius 1 is 1.42 bits per heavy atom. The fourth-order valence-corrected chi connectivity index (χ4v) is 1.74. The summed E-state index contributed by atoms with van der Waals surface area (Å²) in [6.07, 6.45) is 0.894. The topological polar surface area (TPSA) is 24.9 Å². The number of hydrogen-bond donors (Lipinski definition) is 1. The van der Waals surface area contributed by atoms with Crippen LogP contribution in [0.4, 0.5) is 13.2 Å². The lowest BCUT2D eigenvalue weighted by Crippen LogP contribution is -2.23. The average molecular weight is 272 g/mol. The van der Waals surface area contributed by atoms with Crippen LogP contribution in [0.15, 0.2) is 31.0 Å². The van der Waals surface area contributed by atoms with E-state index < -0.39 is 11.7 Å². The summed E-state index contributed by atoms with van der Waals surface area (Å²) >= 11 is 0. The Hall–Kier alpha value is -1.36. The highest BCUT2D eigenvalue weighted by Gasteiger charge is 2.30. The summed E-state index contributed by atoms with van der Waals surface area (Å²) in [6, 6.07) is 2.50. The second kappa shape index (κ2) is 7.28. The van der Waals surface area contributed by atoms with Crippen molar-refractivity contribution in [3.05, 3.63) is 42.2 Å². The molecule has 0 saturated carbocycles. The van der Waals surface area contributed by atoms with E-state index in [-0.39, 0.29) is 6.04 Å². The number of rotatable bonds is 7. The molecule has 1 aromatic heterocycles. The van der Waals surface area contributed by atoms with E-state index in [2.05, 4.69) is 16.9 Å². The Labute approximate surface area is 111 Å². The van der Waals surface area contributed by atoms with Crippen LogP contribution in [0.25, 0.3) is 0 Å². The van der Waals surface area contributed by atoms with Gasteiger partial charge in [0.2, 0.25) is 0 Å². The smallest absolute Gasteiger partial charge is 0.309 e. The summed E-state index contributed by atoms with van der Waals surface area (Å²) in [7, 11) is 0. The Morgan fingerprint density at radius 2 is 2.16 bits per heavy atom. The van der Waals surface area contributed by atoms with Crippen molar-refractivity contribution in [2.45, 2.75) is 38.4 Å². The Bertz CT molecular complexity index is 385. The van der Waals surface area contributed by atoms with Gasteiger partial charge in [-0.3, -0.25) is 4.98 Å². The highest BCUT2D eigenvalue weighted by atomic mass is 19.4. The van der Waals surface area contributed by atoms with Crippen LogP contribution >= 0.6 is 0 Å². The van der Waals surface area contributed by atoms with Gasteiger partial charge in [0.25, 0.3) is 0 Å². The number of pyridine rings is 1. The van der Waals surface area contributed by atoms with E-state index in [0.717, 1.165) is 38.1 Å². The lowest BCUT2D eigenvalue weighted by atomic mass is 10.1. The Kier molecular flexibility index (Phi) is 6.02. The molecule has 1 atom stereocenters. The molecule has 5 heteroatoms. The minimum atomic E-state index is -4.33. The maximum atomic E-state index is 12.5. The Morgan fingerprint density at radius 3 is 2.63 bits per heavy atom. The van der Waals surface area contributed by atoms with E-state index in [4.69, 9.17) is 0 Å². The van der Waals surface area contributed by atoms with Crippen LogP contribution in [-0.2, 0) is 6.18 Å². The molecule has 0 amide bonds. The molecule has 0 fully saturated rings. The van der Waals surface area contributed by atoms with Crippen molar-refractivity contribution in [3.8, 4) is 0 Å². The molecule has 0 saturated heterocycles. The van der Waals surface area contributed by atoms with Gasteiger partial charge in [0.15, 0.2) is 0 Å². The second-order valence-electron chi connectivity index (χ2n) is 4.34. The normalized spacial score (nSPS) is 13.3. The van der Waals surface area contributed by atoms with Crippen molar-refractivity contribution < 1.29 is 13.2 Å². The molecule has 1 unspecified atom stereocenters. The van der Waals surface area contributed by atoms with Crippen LogP contribution < -0.4 is 5.32 Å². The molecule has 106 valence electrons. The van der Waals surface area contributed by atoms with Crippen LogP contribution in [0, 0.1) is 0 Å². The fourth-order valence-electron chi connectivity index (χ4n) is 1.74. The van der Waals surface area contributed by atoms with Gasteiger partial charge in [-0.1, -0.05) is 13.0 Å². The van der Waals surface area contributed by atoms with Crippen molar-refractivity contribution in [2.75, 3.05) is 6.54 Å². The molecule has 0 aliphatic rings. The molecule has 0 aliphatic carbocycles. The molecule has 0 aromatic carbocycles. The average Bonchev–Trinajstić information content (AvgIpc) is 2.38. The zero-order valence-corrected chi connectivity index (χ0v) is 11.0. The summed E-state index contributed by atoms with van der Waals surface area (Å²) < 4.78 is 37.4. The molecular formula is C14H19F3N2. The molecular weight excluding hydrogens is 253 g/mol. The van der Waals surface area contributed by atoms with Crippen molar-refractivity contribution in [3.63, 3.8) is 0 Å². The zero-order valence-electron chi connectivity index (χ0n) is 11.0. The van der Waals surface area contributed by atoms with Crippen LogP contribution in [0.2, 0.25) is 0 Å². The first-order valence-corrected chi connectivity index (χ1v) is 6.36. The van der Waals surface area contributed by atoms with Gasteiger partial charge in [-0.05, 0) is 37.9 Å². The molecule has 0 spiro atoms. The van der Waals surface area contributed by atoms with Crippen molar-refractivity contribution in [2.24, 2.45) is 0 Å². The first-order chi connectivity index (χ1) is 8.99. The predicted molar refractivity (Wildman–Crippen MR) is 69.7 cm³/mol. The second-order valence-corrected chi connectivity index (χ2v) is 4.34. The van der Waals surface area contributed by atoms with Gasteiger partial charge in [-0.25, -0.2) is 0 Å².